The third-order valence-corrected chi connectivity index (χ3v) is 14.3. The maximum absolute atomic E-state index is 13.6. The van der Waals surface area contributed by atoms with E-state index >= 15 is 0 Å². The molecular weight excluding hydrogens is 1120 g/mol. The number of carboxylic acids is 1. The van der Waals surface area contributed by atoms with Crippen LogP contribution in [-0.4, -0.2) is 48.2 Å². The second-order valence-corrected chi connectivity index (χ2v) is 18.3. The Balaban J connectivity index is 1.35. The molecule has 0 amide bonds. The maximum Gasteiger partial charge on any atom is 0.349 e. The van der Waals surface area contributed by atoms with Crippen molar-refractivity contribution in [2.75, 3.05) is 6.61 Å². The SMILES string of the molecule is O=C(COc1c(Br)cc(Br)c(C(=O)OC23CC4CC(C2)CC(C(=O)O)(C4)C3)c1Br)Oc1c(I)cc(I)c(S(=O)(=O)O)c1I. The summed E-state index contributed by atoms with van der Waals surface area (Å²) in [7, 11) is -4.58. The maximum atomic E-state index is 13.6. The van der Waals surface area contributed by atoms with Crippen LogP contribution in [0.2, 0.25) is 0 Å². The van der Waals surface area contributed by atoms with Gasteiger partial charge in [-0.2, -0.15) is 8.42 Å². The summed E-state index contributed by atoms with van der Waals surface area (Å²) in [6.07, 6.45) is 3.70. The molecule has 232 valence electrons. The lowest BCUT2D eigenvalue weighted by atomic mass is 9.48. The van der Waals surface area contributed by atoms with E-state index in [9.17, 15) is 32.5 Å². The Hall–Kier alpha value is 0.190. The van der Waals surface area contributed by atoms with Crippen molar-refractivity contribution in [1.82, 2.24) is 0 Å². The predicted molar refractivity (Wildman–Crippen MR) is 188 cm³/mol. The topological polar surface area (TPSA) is 154 Å². The van der Waals surface area contributed by atoms with E-state index in [1.165, 1.54) is 6.07 Å². The minimum Gasteiger partial charge on any atom is -0.481 e. The summed E-state index contributed by atoms with van der Waals surface area (Å²) in [6, 6.07) is 3.03. The Morgan fingerprint density at radius 2 is 1.58 bits per heavy atom. The second-order valence-electron chi connectivity index (χ2n) is 11.0. The van der Waals surface area contributed by atoms with Crippen molar-refractivity contribution in [2.45, 2.75) is 49.0 Å². The van der Waals surface area contributed by atoms with Gasteiger partial charge in [0, 0.05) is 14.5 Å². The van der Waals surface area contributed by atoms with Gasteiger partial charge in [-0.25, -0.2) is 9.59 Å². The largest absolute Gasteiger partial charge is 0.481 e. The van der Waals surface area contributed by atoms with Crippen molar-refractivity contribution in [3.05, 3.63) is 41.8 Å². The Morgan fingerprint density at radius 3 is 2.16 bits per heavy atom. The highest BCUT2D eigenvalue weighted by molar-refractivity contribution is 14.1. The zero-order valence-electron chi connectivity index (χ0n) is 21.6. The molecule has 2 aromatic carbocycles. The van der Waals surface area contributed by atoms with Crippen molar-refractivity contribution in [3.8, 4) is 11.5 Å². The average Bonchev–Trinajstić information content (AvgIpc) is 2.83. The number of ether oxygens (including phenoxy) is 3. The number of carboxylic acid groups (broad SMARTS) is 1. The lowest BCUT2D eigenvalue weighted by molar-refractivity contribution is -0.192. The van der Waals surface area contributed by atoms with Gasteiger partial charge in [0.15, 0.2) is 12.4 Å². The van der Waals surface area contributed by atoms with Crippen LogP contribution >= 0.6 is 116 Å². The van der Waals surface area contributed by atoms with Gasteiger partial charge in [0.25, 0.3) is 10.1 Å². The monoisotopic (exact) mass is 1140 g/mol. The number of rotatable bonds is 8. The van der Waals surface area contributed by atoms with E-state index in [0.29, 0.717) is 38.2 Å². The summed E-state index contributed by atoms with van der Waals surface area (Å²) in [4.78, 5) is 38.3. The normalized spacial score (nSPS) is 25.8. The Morgan fingerprint density at radius 1 is 0.953 bits per heavy atom. The number of aliphatic carboxylic acids is 1. The number of hydrogen-bond donors (Lipinski definition) is 2. The van der Waals surface area contributed by atoms with E-state index in [-0.39, 0.29) is 51.8 Å². The van der Waals surface area contributed by atoms with Crippen molar-refractivity contribution in [1.29, 1.82) is 0 Å². The molecule has 4 aliphatic rings. The van der Waals surface area contributed by atoms with E-state index in [2.05, 4.69) is 47.8 Å². The van der Waals surface area contributed by atoms with Gasteiger partial charge >= 0.3 is 17.9 Å². The van der Waals surface area contributed by atoms with Crippen LogP contribution in [-0.2, 0) is 24.4 Å². The van der Waals surface area contributed by atoms with Gasteiger partial charge in [-0.3, -0.25) is 9.35 Å². The van der Waals surface area contributed by atoms with Crippen LogP contribution in [0.15, 0.2) is 30.4 Å². The molecule has 0 saturated heterocycles. The van der Waals surface area contributed by atoms with Crippen molar-refractivity contribution >= 4 is 144 Å². The van der Waals surface area contributed by atoms with Crippen LogP contribution in [0.25, 0.3) is 0 Å². The first-order valence-electron chi connectivity index (χ1n) is 12.6. The molecule has 2 aromatic rings. The van der Waals surface area contributed by atoms with Gasteiger partial charge in [-0.05, 0) is 172 Å². The number of carbonyl (C=O) groups excluding carboxylic acids is 2. The van der Waals surface area contributed by atoms with Crippen LogP contribution in [0.5, 0.6) is 11.5 Å². The highest BCUT2D eigenvalue weighted by atomic mass is 127. The Kier molecular flexibility index (Phi) is 10.2. The van der Waals surface area contributed by atoms with E-state index < -0.39 is 45.6 Å². The van der Waals surface area contributed by atoms with Crippen LogP contribution in [0, 0.1) is 28.0 Å². The van der Waals surface area contributed by atoms with Gasteiger partial charge in [0.1, 0.15) is 16.2 Å². The predicted octanol–water partition coefficient (Wildman–Crippen LogP) is 7.60. The smallest absolute Gasteiger partial charge is 0.349 e. The molecule has 17 heteroatoms. The molecule has 2 atom stereocenters. The molecule has 43 heavy (non-hydrogen) atoms. The zero-order valence-corrected chi connectivity index (χ0v) is 33.6. The van der Waals surface area contributed by atoms with Crippen LogP contribution in [0.3, 0.4) is 0 Å². The van der Waals surface area contributed by atoms with Gasteiger partial charge < -0.3 is 19.3 Å². The van der Waals surface area contributed by atoms with Crippen LogP contribution in [0.1, 0.15) is 48.9 Å². The quantitative estimate of drug-likeness (QED) is 0.117. The summed E-state index contributed by atoms with van der Waals surface area (Å²) >= 11 is 15.6. The summed E-state index contributed by atoms with van der Waals surface area (Å²) < 4.78 is 52.4. The number of hydrogen-bond acceptors (Lipinski definition) is 8. The average molecular weight is 1140 g/mol. The summed E-state index contributed by atoms with van der Waals surface area (Å²) in [5.41, 5.74) is -1.62. The first-order chi connectivity index (χ1) is 19.9. The van der Waals surface area contributed by atoms with Gasteiger partial charge in [-0.1, -0.05) is 0 Å². The summed E-state index contributed by atoms with van der Waals surface area (Å²) in [5, 5.41) is 10.0. The molecule has 0 aromatic heterocycles. The fraction of sp³-hybridized carbons (Fsp3) is 0.423. The van der Waals surface area contributed by atoms with E-state index in [1.807, 2.05) is 22.6 Å². The van der Waals surface area contributed by atoms with Crippen LogP contribution in [0.4, 0.5) is 0 Å². The van der Waals surface area contributed by atoms with E-state index in [1.54, 1.807) is 51.2 Å². The van der Waals surface area contributed by atoms with Crippen molar-refractivity contribution in [3.63, 3.8) is 0 Å². The fourth-order valence-electron chi connectivity index (χ4n) is 6.85. The molecule has 4 saturated carbocycles. The molecular formula is C26H20Br3I3O10S. The molecule has 0 heterocycles. The van der Waals surface area contributed by atoms with E-state index in [0.717, 1.165) is 6.42 Å². The van der Waals surface area contributed by atoms with Crippen LogP contribution < -0.4 is 9.47 Å². The zero-order chi connectivity index (χ0) is 31.6. The molecule has 10 nitrogen and oxygen atoms in total. The molecule has 2 unspecified atom stereocenters. The Bertz CT molecular complexity index is 1670. The minimum atomic E-state index is -4.58. The number of halogens is 6. The molecule has 4 aliphatic carbocycles. The highest BCUT2D eigenvalue weighted by Crippen LogP contribution is 2.63. The van der Waals surface area contributed by atoms with Crippen molar-refractivity contribution < 1.29 is 46.7 Å². The standard InChI is InChI=1S/C26H20Br3I3O10S/c27-12-2-13(28)20(40-8-16(33)41-21-14(30)3-15(31)22(19(21)32)43(37,38)39)18(29)17(12)23(34)42-26-6-10-1-11(7-26)5-25(4-10,9-26)24(35)36/h2-3,10-11H,1,4-9H2,(H,35,36)(H,37,38,39). The number of carbonyl (C=O) groups is 3. The third-order valence-electron chi connectivity index (χ3n) is 8.00. The van der Waals surface area contributed by atoms with Crippen molar-refractivity contribution in [2.24, 2.45) is 17.3 Å². The van der Waals surface area contributed by atoms with Gasteiger partial charge in [0.05, 0.1) is 27.1 Å². The molecule has 4 bridgehead atoms. The number of benzene rings is 2. The lowest BCUT2D eigenvalue weighted by Crippen LogP contribution is -2.59. The van der Waals surface area contributed by atoms with E-state index in [4.69, 9.17) is 14.2 Å². The first-order valence-corrected chi connectivity index (χ1v) is 19.6. The fourth-order valence-corrected chi connectivity index (χ4v) is 15.4. The summed E-state index contributed by atoms with van der Waals surface area (Å²) in [5.74, 6) is -1.89. The molecule has 0 radical (unpaired) electrons. The molecule has 4 fully saturated rings. The third kappa shape index (κ3) is 6.79. The first kappa shape index (κ1) is 34.5. The molecule has 0 spiro atoms. The highest BCUT2D eigenvalue weighted by Gasteiger charge is 2.62. The minimum absolute atomic E-state index is 0.0372. The molecule has 2 N–H and O–H groups in total. The molecule has 0 aliphatic heterocycles. The lowest BCUT2D eigenvalue weighted by Gasteiger charge is -2.59. The van der Waals surface area contributed by atoms with Gasteiger partial charge in [0.2, 0.25) is 0 Å². The molecule has 6 rings (SSSR count). The second kappa shape index (κ2) is 12.7. The summed E-state index contributed by atoms with van der Waals surface area (Å²) in [6.45, 7) is -0.610. The Labute approximate surface area is 312 Å². The van der Waals surface area contributed by atoms with Gasteiger partial charge in [-0.15, -0.1) is 0 Å². The number of esters is 2.